The highest BCUT2D eigenvalue weighted by Crippen LogP contribution is 2.33. The van der Waals surface area contributed by atoms with Gasteiger partial charge in [0.2, 0.25) is 0 Å². The van der Waals surface area contributed by atoms with Gasteiger partial charge in [-0.3, -0.25) is 5.43 Å². The van der Waals surface area contributed by atoms with Crippen LogP contribution in [0.2, 0.25) is 0 Å². The van der Waals surface area contributed by atoms with E-state index in [-0.39, 0.29) is 0 Å². The number of fused-ring (bicyclic) bond motifs is 1. The third-order valence-corrected chi connectivity index (χ3v) is 5.14. The topological polar surface area (TPSA) is 73.7 Å². The Bertz CT molecular complexity index is 1190. The molecule has 1 N–H and O–H groups in total. The third-order valence-electron chi connectivity index (χ3n) is 5.14. The van der Waals surface area contributed by atoms with Gasteiger partial charge >= 0.3 is 0 Å². The molecule has 0 spiro atoms. The number of amidine groups is 1. The van der Waals surface area contributed by atoms with Gasteiger partial charge in [0.15, 0.2) is 17.3 Å². The maximum absolute atomic E-state index is 5.74. The van der Waals surface area contributed by atoms with Crippen molar-refractivity contribution in [3.05, 3.63) is 77.4 Å². The van der Waals surface area contributed by atoms with Crippen LogP contribution in [-0.4, -0.2) is 39.0 Å². The number of hydrazone groups is 1. The van der Waals surface area contributed by atoms with Gasteiger partial charge < -0.3 is 18.9 Å². The van der Waals surface area contributed by atoms with E-state index in [1.165, 1.54) is 0 Å². The van der Waals surface area contributed by atoms with Gasteiger partial charge in [0.25, 0.3) is 0 Å². The van der Waals surface area contributed by atoms with Gasteiger partial charge in [0.1, 0.15) is 17.2 Å². The monoisotopic (exact) mass is 445 g/mol. The first-order chi connectivity index (χ1) is 16.2. The Morgan fingerprint density at radius 3 is 2.09 bits per heavy atom. The lowest BCUT2D eigenvalue weighted by molar-refractivity contribution is 0.340. The number of nitrogens with zero attached hydrogens (tertiary/aromatic N) is 2. The Balaban J connectivity index is 1.80. The molecule has 170 valence electrons. The molecule has 0 bridgehead atoms. The molecule has 1 aliphatic rings. The van der Waals surface area contributed by atoms with Crippen LogP contribution in [-0.2, 0) is 0 Å². The Labute approximate surface area is 193 Å². The van der Waals surface area contributed by atoms with Crippen LogP contribution in [0.1, 0.15) is 30.5 Å². The number of hydrogen-bond acceptors (Lipinski definition) is 7. The van der Waals surface area contributed by atoms with Crippen molar-refractivity contribution in [2.75, 3.05) is 27.4 Å². The Morgan fingerprint density at radius 1 is 0.727 bits per heavy atom. The van der Waals surface area contributed by atoms with Crippen LogP contribution < -0.4 is 24.4 Å². The molecule has 3 aromatic rings. The zero-order valence-corrected chi connectivity index (χ0v) is 19.2. The first-order valence-corrected chi connectivity index (χ1v) is 10.8. The average molecular weight is 446 g/mol. The summed E-state index contributed by atoms with van der Waals surface area (Å²) in [5.74, 6) is 3.48. The molecule has 1 aliphatic heterocycles. The minimum Gasteiger partial charge on any atom is -0.494 e. The molecule has 0 amide bonds. The lowest BCUT2D eigenvalue weighted by Gasteiger charge is -2.13. The maximum Gasteiger partial charge on any atom is 0.161 e. The zero-order valence-electron chi connectivity index (χ0n) is 19.2. The molecule has 4 rings (SSSR count). The van der Waals surface area contributed by atoms with E-state index in [1.807, 2.05) is 74.5 Å². The molecule has 0 aliphatic carbocycles. The average Bonchev–Trinajstić information content (AvgIpc) is 3.04. The lowest BCUT2D eigenvalue weighted by Crippen LogP contribution is -2.19. The maximum atomic E-state index is 5.74. The van der Waals surface area contributed by atoms with Crippen LogP contribution in [0.5, 0.6) is 23.0 Å². The fourth-order valence-electron chi connectivity index (χ4n) is 3.58. The molecular formula is C26H27N3O4. The van der Waals surface area contributed by atoms with E-state index in [1.54, 1.807) is 14.2 Å². The lowest BCUT2D eigenvalue weighted by atomic mass is 10.00. The molecule has 0 saturated heterocycles. The molecule has 0 radical (unpaired) electrons. The van der Waals surface area contributed by atoms with E-state index in [4.69, 9.17) is 29.0 Å². The minimum atomic E-state index is 0.570. The van der Waals surface area contributed by atoms with E-state index in [0.717, 1.165) is 39.6 Å². The van der Waals surface area contributed by atoms with Gasteiger partial charge in [0.05, 0.1) is 33.1 Å². The van der Waals surface area contributed by atoms with E-state index >= 15 is 0 Å². The molecule has 7 nitrogen and oxygen atoms in total. The van der Waals surface area contributed by atoms with Crippen molar-refractivity contribution in [1.29, 1.82) is 0 Å². The van der Waals surface area contributed by atoms with Crippen molar-refractivity contribution < 1.29 is 18.9 Å². The Morgan fingerprint density at radius 2 is 1.39 bits per heavy atom. The molecule has 3 aromatic carbocycles. The second-order valence-corrected chi connectivity index (χ2v) is 7.17. The summed E-state index contributed by atoms with van der Waals surface area (Å²) in [5, 5.41) is 4.74. The van der Waals surface area contributed by atoms with Crippen LogP contribution in [0, 0.1) is 0 Å². The van der Waals surface area contributed by atoms with Crippen molar-refractivity contribution in [1.82, 2.24) is 5.43 Å². The number of ether oxygens (including phenoxy) is 4. The molecule has 0 fully saturated rings. The fraction of sp³-hybridized carbons (Fsp3) is 0.231. The smallest absolute Gasteiger partial charge is 0.161 e. The molecule has 7 heteroatoms. The first kappa shape index (κ1) is 22.2. The summed E-state index contributed by atoms with van der Waals surface area (Å²) < 4.78 is 22.2. The summed E-state index contributed by atoms with van der Waals surface area (Å²) in [6.45, 7) is 5.11. The Hall–Kier alpha value is -4.00. The number of methoxy groups -OCH3 is 2. The van der Waals surface area contributed by atoms with Gasteiger partial charge in [-0.05, 0) is 74.5 Å². The highest BCUT2D eigenvalue weighted by molar-refractivity contribution is 6.18. The van der Waals surface area contributed by atoms with E-state index < -0.39 is 0 Å². The Kier molecular flexibility index (Phi) is 6.78. The molecular weight excluding hydrogens is 418 g/mol. The summed E-state index contributed by atoms with van der Waals surface area (Å²) in [6.07, 6.45) is 0. The molecule has 33 heavy (non-hydrogen) atoms. The quantitative estimate of drug-likeness (QED) is 0.532. The normalized spacial score (nSPS) is 12.5. The van der Waals surface area contributed by atoms with Gasteiger partial charge in [-0.15, -0.1) is 0 Å². The highest BCUT2D eigenvalue weighted by atomic mass is 16.5. The van der Waals surface area contributed by atoms with Crippen LogP contribution in [0.25, 0.3) is 0 Å². The van der Waals surface area contributed by atoms with Crippen LogP contribution >= 0.6 is 0 Å². The summed E-state index contributed by atoms with van der Waals surface area (Å²) in [6, 6.07) is 19.3. The van der Waals surface area contributed by atoms with E-state index in [2.05, 4.69) is 5.43 Å². The molecule has 0 atom stereocenters. The highest BCUT2D eigenvalue weighted by Gasteiger charge is 2.20. The minimum absolute atomic E-state index is 0.570. The van der Waals surface area contributed by atoms with Gasteiger partial charge in [-0.25, -0.2) is 4.99 Å². The van der Waals surface area contributed by atoms with E-state index in [0.29, 0.717) is 30.5 Å². The summed E-state index contributed by atoms with van der Waals surface area (Å²) in [4.78, 5) is 4.88. The number of nitrogens with one attached hydrogen (secondary N) is 1. The largest absolute Gasteiger partial charge is 0.494 e. The molecule has 0 saturated carbocycles. The van der Waals surface area contributed by atoms with Crippen LogP contribution in [0.15, 0.2) is 70.8 Å². The second kappa shape index (κ2) is 10.1. The van der Waals surface area contributed by atoms with Crippen LogP contribution in [0.4, 0.5) is 5.69 Å². The number of rotatable bonds is 8. The number of aliphatic imine (C=N–C) groups is 1. The molecule has 0 aromatic heterocycles. The predicted molar refractivity (Wildman–Crippen MR) is 130 cm³/mol. The van der Waals surface area contributed by atoms with Crippen molar-refractivity contribution in [3.8, 4) is 23.0 Å². The third kappa shape index (κ3) is 4.77. The number of hydrogen-bond donors (Lipinski definition) is 1. The van der Waals surface area contributed by atoms with Crippen molar-refractivity contribution in [2.45, 2.75) is 13.8 Å². The predicted octanol–water partition coefficient (Wildman–Crippen LogP) is 4.94. The summed E-state index contributed by atoms with van der Waals surface area (Å²) in [5.41, 5.74) is 7.25. The standard InChI is InChI=1S/C26H27N3O4/c1-5-32-19-10-7-17(8-11-19)26-27-22-13-12-20(33-6-2)16-21(22)25(28-29-26)18-9-14-23(30-3)24(15-18)31-4/h7-16H,5-6H2,1-4H3,(H,27,29). The van der Waals surface area contributed by atoms with Crippen molar-refractivity contribution in [3.63, 3.8) is 0 Å². The van der Waals surface area contributed by atoms with Crippen molar-refractivity contribution in [2.24, 2.45) is 10.1 Å². The summed E-state index contributed by atoms with van der Waals surface area (Å²) >= 11 is 0. The fourth-order valence-corrected chi connectivity index (χ4v) is 3.58. The zero-order chi connectivity index (χ0) is 23.2. The van der Waals surface area contributed by atoms with Crippen molar-refractivity contribution >= 4 is 17.2 Å². The second-order valence-electron chi connectivity index (χ2n) is 7.17. The number of benzene rings is 3. The van der Waals surface area contributed by atoms with Gasteiger partial charge in [-0.1, -0.05) is 0 Å². The molecule has 1 heterocycles. The SMILES string of the molecule is CCOc1ccc(C2=Nc3ccc(OCC)cc3C(c3ccc(OC)c(OC)c3)=NN2)cc1. The van der Waals surface area contributed by atoms with Gasteiger partial charge in [-0.2, -0.15) is 5.10 Å². The summed E-state index contributed by atoms with van der Waals surface area (Å²) in [7, 11) is 3.23. The molecule has 0 unspecified atom stereocenters. The van der Waals surface area contributed by atoms with Crippen LogP contribution in [0.3, 0.4) is 0 Å². The van der Waals surface area contributed by atoms with E-state index in [9.17, 15) is 0 Å². The first-order valence-electron chi connectivity index (χ1n) is 10.8. The van der Waals surface area contributed by atoms with Gasteiger partial charge in [0, 0.05) is 16.7 Å².